The van der Waals surface area contributed by atoms with E-state index >= 15 is 0 Å². The zero-order chi connectivity index (χ0) is 18.7. The molecular weight excluding hydrogens is 353 g/mol. The zero-order valence-corrected chi connectivity index (χ0v) is 11.9. The van der Waals surface area contributed by atoms with Crippen molar-refractivity contribution in [2.45, 2.75) is 0 Å². The Balaban J connectivity index is 2.18. The van der Waals surface area contributed by atoms with E-state index in [1.54, 1.807) is 5.43 Å². The first kappa shape index (κ1) is 18.0. The molecule has 1 amide bonds. The van der Waals surface area contributed by atoms with Crippen LogP contribution in [-0.4, -0.2) is 17.0 Å². The van der Waals surface area contributed by atoms with Crippen molar-refractivity contribution in [2.24, 2.45) is 5.10 Å². The fraction of sp³-hybridized carbons (Fsp3) is 0. The third kappa shape index (κ3) is 3.59. The summed E-state index contributed by atoms with van der Waals surface area (Å²) in [5, 5.41) is 13.6. The van der Waals surface area contributed by atoms with Gasteiger partial charge in [-0.25, -0.2) is 27.4 Å². The normalized spacial score (nSPS) is 10.9. The molecule has 0 aromatic heterocycles. The molecule has 0 aliphatic heterocycles. The molecule has 2 aromatic carbocycles. The first-order valence-corrected chi connectivity index (χ1v) is 6.33. The molecule has 0 aliphatic carbocycles. The molecule has 0 saturated carbocycles. The summed E-state index contributed by atoms with van der Waals surface area (Å²) in [4.78, 5) is 21.5. The molecule has 6 nitrogen and oxygen atoms in total. The summed E-state index contributed by atoms with van der Waals surface area (Å²) in [7, 11) is 0. The molecule has 1 N–H and O–H groups in total. The molecule has 130 valence electrons. The van der Waals surface area contributed by atoms with Crippen molar-refractivity contribution in [3.8, 4) is 0 Å². The number of hydrazone groups is 1. The van der Waals surface area contributed by atoms with Gasteiger partial charge in [0.15, 0.2) is 23.3 Å². The van der Waals surface area contributed by atoms with Crippen LogP contribution in [-0.2, 0) is 0 Å². The summed E-state index contributed by atoms with van der Waals surface area (Å²) in [5.41, 5.74) is 0.100. The SMILES string of the molecule is O=C(NN=Cc1c(F)c(F)c(F)c(F)c1F)c1ccc([N+](=O)[O-])cc1. The molecule has 0 radical (unpaired) electrons. The van der Waals surface area contributed by atoms with E-state index in [4.69, 9.17) is 0 Å². The second-order valence-electron chi connectivity index (χ2n) is 4.49. The lowest BCUT2D eigenvalue weighted by molar-refractivity contribution is -0.384. The topological polar surface area (TPSA) is 84.6 Å². The highest BCUT2D eigenvalue weighted by Crippen LogP contribution is 2.21. The molecule has 11 heteroatoms. The Morgan fingerprint density at radius 3 is 1.92 bits per heavy atom. The lowest BCUT2D eigenvalue weighted by atomic mass is 10.2. The van der Waals surface area contributed by atoms with Crippen LogP contribution in [0.1, 0.15) is 15.9 Å². The minimum absolute atomic E-state index is 0.0832. The molecule has 0 aliphatic rings. The number of halogens is 5. The Kier molecular flexibility index (Phi) is 5.05. The van der Waals surface area contributed by atoms with Gasteiger partial charge in [0.25, 0.3) is 11.6 Å². The van der Waals surface area contributed by atoms with Gasteiger partial charge >= 0.3 is 0 Å². The zero-order valence-electron chi connectivity index (χ0n) is 11.9. The molecule has 0 unspecified atom stereocenters. The van der Waals surface area contributed by atoms with Crippen LogP contribution in [0.5, 0.6) is 0 Å². The average molecular weight is 359 g/mol. The first-order chi connectivity index (χ1) is 11.7. The standard InChI is InChI=1S/C14H6F5N3O3/c15-9-8(10(16)12(18)13(19)11(9)17)5-20-21-14(23)6-1-3-7(4-2-6)22(24)25/h1-5H,(H,21,23). The van der Waals surface area contributed by atoms with Crippen LogP contribution in [0.15, 0.2) is 29.4 Å². The van der Waals surface area contributed by atoms with E-state index in [-0.39, 0.29) is 17.5 Å². The quantitative estimate of drug-likeness (QED) is 0.227. The Labute approximate surface area is 135 Å². The van der Waals surface area contributed by atoms with E-state index in [0.717, 1.165) is 24.3 Å². The third-order valence-electron chi connectivity index (χ3n) is 2.94. The Morgan fingerprint density at radius 2 is 1.44 bits per heavy atom. The van der Waals surface area contributed by atoms with E-state index in [0.29, 0.717) is 0 Å². The summed E-state index contributed by atoms with van der Waals surface area (Å²) < 4.78 is 65.6. The van der Waals surface area contributed by atoms with Crippen molar-refractivity contribution in [2.75, 3.05) is 0 Å². The lowest BCUT2D eigenvalue weighted by Crippen LogP contribution is -2.18. The highest BCUT2D eigenvalue weighted by atomic mass is 19.2. The molecule has 25 heavy (non-hydrogen) atoms. The number of carbonyl (C=O) groups excluding carboxylic acids is 1. The van der Waals surface area contributed by atoms with E-state index in [2.05, 4.69) is 5.10 Å². The molecule has 0 heterocycles. The predicted molar refractivity (Wildman–Crippen MR) is 74.4 cm³/mol. The lowest BCUT2D eigenvalue weighted by Gasteiger charge is -2.04. The van der Waals surface area contributed by atoms with Gasteiger partial charge in [0.1, 0.15) is 0 Å². The number of benzene rings is 2. The smallest absolute Gasteiger partial charge is 0.267 e. The van der Waals surface area contributed by atoms with Gasteiger partial charge in [-0.2, -0.15) is 5.10 Å². The molecular formula is C14H6F5N3O3. The van der Waals surface area contributed by atoms with Gasteiger partial charge in [-0.3, -0.25) is 14.9 Å². The van der Waals surface area contributed by atoms with Crippen molar-refractivity contribution in [1.29, 1.82) is 0 Å². The first-order valence-electron chi connectivity index (χ1n) is 6.33. The highest BCUT2D eigenvalue weighted by Gasteiger charge is 2.24. The fourth-order valence-corrected chi connectivity index (χ4v) is 1.69. The predicted octanol–water partition coefficient (Wildman–Crippen LogP) is 3.05. The minimum atomic E-state index is -2.32. The van der Waals surface area contributed by atoms with Gasteiger partial charge in [-0.1, -0.05) is 0 Å². The van der Waals surface area contributed by atoms with Gasteiger partial charge in [-0.15, -0.1) is 0 Å². The summed E-state index contributed by atoms with van der Waals surface area (Å²) in [5.74, 6) is -11.8. The van der Waals surface area contributed by atoms with Gasteiger partial charge in [0.2, 0.25) is 5.82 Å². The van der Waals surface area contributed by atoms with Crippen molar-refractivity contribution < 1.29 is 31.7 Å². The molecule has 2 aromatic rings. The van der Waals surface area contributed by atoms with Gasteiger partial charge in [0, 0.05) is 17.7 Å². The van der Waals surface area contributed by atoms with E-state index in [9.17, 15) is 36.9 Å². The van der Waals surface area contributed by atoms with Crippen LogP contribution < -0.4 is 5.43 Å². The summed E-state index contributed by atoms with van der Waals surface area (Å²) in [6.45, 7) is 0. The van der Waals surface area contributed by atoms with Crippen LogP contribution in [0.2, 0.25) is 0 Å². The monoisotopic (exact) mass is 359 g/mol. The molecule has 0 spiro atoms. The Bertz CT molecular complexity index is 855. The Morgan fingerprint density at radius 1 is 0.960 bits per heavy atom. The number of nitro groups is 1. The van der Waals surface area contributed by atoms with E-state index in [1.807, 2.05) is 0 Å². The van der Waals surface area contributed by atoms with Crippen molar-refractivity contribution in [3.05, 3.63) is 74.6 Å². The number of carbonyl (C=O) groups is 1. The van der Waals surface area contributed by atoms with E-state index in [1.165, 1.54) is 0 Å². The number of hydrogen-bond acceptors (Lipinski definition) is 4. The van der Waals surface area contributed by atoms with Gasteiger partial charge in [-0.05, 0) is 12.1 Å². The number of rotatable bonds is 4. The number of nitro benzene ring substituents is 1. The highest BCUT2D eigenvalue weighted by molar-refractivity contribution is 5.95. The largest absolute Gasteiger partial charge is 0.271 e. The summed E-state index contributed by atoms with van der Waals surface area (Å²) >= 11 is 0. The maximum Gasteiger partial charge on any atom is 0.271 e. The van der Waals surface area contributed by atoms with Crippen LogP contribution in [0.25, 0.3) is 0 Å². The number of amides is 1. The second kappa shape index (κ2) is 7.03. The maximum atomic E-state index is 13.4. The number of nitrogens with zero attached hydrogens (tertiary/aromatic N) is 2. The third-order valence-corrected chi connectivity index (χ3v) is 2.94. The minimum Gasteiger partial charge on any atom is -0.267 e. The van der Waals surface area contributed by atoms with Crippen molar-refractivity contribution in [1.82, 2.24) is 5.43 Å². The molecule has 0 bridgehead atoms. The van der Waals surface area contributed by atoms with Crippen LogP contribution in [0, 0.1) is 39.2 Å². The molecule has 0 fully saturated rings. The van der Waals surface area contributed by atoms with Gasteiger partial charge in [0.05, 0.1) is 16.7 Å². The molecule has 0 saturated heterocycles. The summed E-state index contributed by atoms with van der Waals surface area (Å²) in [6.07, 6.45) is 0.250. The maximum absolute atomic E-state index is 13.4. The molecule has 2 rings (SSSR count). The fourth-order valence-electron chi connectivity index (χ4n) is 1.69. The summed E-state index contributed by atoms with van der Waals surface area (Å²) in [6, 6.07) is 4.23. The van der Waals surface area contributed by atoms with Crippen LogP contribution in [0.4, 0.5) is 27.6 Å². The Hall–Kier alpha value is -3.37. The average Bonchev–Trinajstić information content (AvgIpc) is 2.61. The second-order valence-corrected chi connectivity index (χ2v) is 4.49. The number of nitrogens with one attached hydrogen (secondary N) is 1. The van der Waals surface area contributed by atoms with Crippen molar-refractivity contribution in [3.63, 3.8) is 0 Å². The van der Waals surface area contributed by atoms with Crippen LogP contribution >= 0.6 is 0 Å². The van der Waals surface area contributed by atoms with Crippen LogP contribution in [0.3, 0.4) is 0 Å². The molecule has 0 atom stereocenters. The van der Waals surface area contributed by atoms with E-state index < -0.39 is 45.5 Å². The van der Waals surface area contributed by atoms with Crippen molar-refractivity contribution >= 4 is 17.8 Å². The van der Waals surface area contributed by atoms with Gasteiger partial charge < -0.3 is 0 Å². The number of non-ortho nitro benzene ring substituents is 1. The number of hydrogen-bond donors (Lipinski definition) is 1.